The average molecular weight is 817 g/mol. The van der Waals surface area contributed by atoms with Crippen LogP contribution in [0.4, 0.5) is 0 Å². The minimum absolute atomic E-state index is 0.0208. The number of nitrogens with zero attached hydrogens (tertiary/aromatic N) is 5. The number of aromatic nitrogens is 5. The van der Waals surface area contributed by atoms with Crippen LogP contribution in [0.15, 0.2) is 194 Å². The van der Waals surface area contributed by atoms with Crippen LogP contribution >= 0.6 is 0 Å². The summed E-state index contributed by atoms with van der Waals surface area (Å²) in [5.41, 5.74) is 13.4. The Morgan fingerprint density at radius 3 is 1.30 bits per heavy atom. The van der Waals surface area contributed by atoms with Crippen LogP contribution in [0.25, 0.3) is 89.7 Å². The highest BCUT2D eigenvalue weighted by Gasteiger charge is 2.27. The van der Waals surface area contributed by atoms with Crippen LogP contribution in [0.3, 0.4) is 0 Å². The third-order valence-electron chi connectivity index (χ3n) is 12.1. The maximum Gasteiger partial charge on any atom is 0.393 e. The molecule has 0 aliphatic heterocycles. The molecule has 0 saturated heterocycles. The van der Waals surface area contributed by atoms with Gasteiger partial charge in [0.15, 0.2) is 0 Å². The van der Waals surface area contributed by atoms with Crippen LogP contribution in [0.2, 0.25) is 0 Å². The summed E-state index contributed by atoms with van der Waals surface area (Å²) in [6.07, 6.45) is 2.20. The highest BCUT2D eigenvalue weighted by molar-refractivity contribution is 6.09. The van der Waals surface area contributed by atoms with Crippen molar-refractivity contribution >= 4 is 21.8 Å². The van der Waals surface area contributed by atoms with Crippen molar-refractivity contribution in [2.75, 3.05) is 0 Å². The van der Waals surface area contributed by atoms with E-state index in [4.69, 9.17) is 15.0 Å². The van der Waals surface area contributed by atoms with Gasteiger partial charge in [-0.05, 0) is 86.2 Å². The molecule has 3 aromatic heterocycles. The summed E-state index contributed by atoms with van der Waals surface area (Å²) in [5, 5.41) is 2.43. The highest BCUT2D eigenvalue weighted by atomic mass is 15.2. The summed E-state index contributed by atoms with van der Waals surface area (Å²) >= 11 is 0. The van der Waals surface area contributed by atoms with Crippen molar-refractivity contribution in [3.05, 3.63) is 205 Å². The van der Waals surface area contributed by atoms with Crippen LogP contribution in [0, 0.1) is 0 Å². The molecule has 0 fully saturated rings. The zero-order valence-electron chi connectivity index (χ0n) is 36.7. The minimum Gasteiger partial charge on any atom is -0.242 e. The Balaban J connectivity index is 1.27. The van der Waals surface area contributed by atoms with Gasteiger partial charge in [-0.25, -0.2) is 4.57 Å². The van der Waals surface area contributed by atoms with Crippen molar-refractivity contribution in [1.29, 1.82) is 0 Å². The van der Waals surface area contributed by atoms with Gasteiger partial charge in [-0.2, -0.15) is 9.55 Å². The van der Waals surface area contributed by atoms with Gasteiger partial charge in [-0.15, -0.1) is 0 Å². The molecule has 10 aromatic rings. The summed E-state index contributed by atoms with van der Waals surface area (Å²) in [5.74, 6) is 2.65. The molecule has 0 atom stereocenters. The summed E-state index contributed by atoms with van der Waals surface area (Å²) in [6.45, 7) is 13.7. The molecule has 5 heteroatoms. The molecule has 0 aliphatic rings. The lowest BCUT2D eigenvalue weighted by molar-refractivity contribution is -0.597. The van der Waals surface area contributed by atoms with E-state index in [1.54, 1.807) is 0 Å². The van der Waals surface area contributed by atoms with Crippen molar-refractivity contribution in [2.45, 2.75) is 52.4 Å². The Morgan fingerprint density at radius 2 is 0.825 bits per heavy atom. The number of benzene rings is 7. The molecule has 0 spiro atoms. The fourth-order valence-electron chi connectivity index (χ4n) is 8.56. The zero-order valence-corrected chi connectivity index (χ0v) is 36.7. The van der Waals surface area contributed by atoms with Gasteiger partial charge in [0, 0.05) is 33.5 Å². The van der Waals surface area contributed by atoms with E-state index in [1.807, 2.05) is 36.4 Å². The Hall–Kier alpha value is -7.50. The van der Waals surface area contributed by atoms with Crippen molar-refractivity contribution in [3.63, 3.8) is 0 Å². The topological polar surface area (TPSA) is 47.5 Å². The van der Waals surface area contributed by atoms with Crippen LogP contribution in [0.5, 0.6) is 0 Å². The summed E-state index contributed by atoms with van der Waals surface area (Å²) in [4.78, 5) is 15.7. The minimum atomic E-state index is -0.0208. The largest absolute Gasteiger partial charge is 0.393 e. The fraction of sp³-hybridized carbons (Fsp3) is 0.138. The van der Waals surface area contributed by atoms with Crippen molar-refractivity contribution in [1.82, 2.24) is 19.5 Å². The van der Waals surface area contributed by atoms with E-state index >= 15 is 0 Å². The summed E-state index contributed by atoms with van der Waals surface area (Å²) in [6, 6.07) is 66.9. The van der Waals surface area contributed by atoms with Gasteiger partial charge >= 0.3 is 5.95 Å². The molecule has 63 heavy (non-hydrogen) atoms. The lowest BCUT2D eigenvalue weighted by atomic mass is 9.85. The van der Waals surface area contributed by atoms with Crippen LogP contribution in [0.1, 0.15) is 52.7 Å². The predicted octanol–water partition coefficient (Wildman–Crippen LogP) is 14.2. The molecule has 0 bridgehead atoms. The standard InChI is InChI=1S/C58H50N5/c1-57(2,3)45-29-32-51-49(36-45)50-37-46(58(4,5)6)30-33-52(50)63(51)53-34-28-44(43-27-31-47(39-19-11-7-12-20-39)48(35-43)40-21-13-8-14-22-40)38-62(53)56-60-54(41-23-15-9-16-24-41)59-55(61-56)42-25-17-10-18-26-42/h7-38H,1-6H3/q+1. The van der Waals surface area contributed by atoms with Gasteiger partial charge < -0.3 is 0 Å². The molecule has 0 radical (unpaired) electrons. The number of pyridine rings is 1. The number of fused-ring (bicyclic) bond motifs is 3. The maximum atomic E-state index is 5.30. The summed E-state index contributed by atoms with van der Waals surface area (Å²) in [7, 11) is 0. The van der Waals surface area contributed by atoms with Crippen LogP contribution in [-0.4, -0.2) is 19.5 Å². The second kappa shape index (κ2) is 15.8. The van der Waals surface area contributed by atoms with E-state index in [9.17, 15) is 0 Å². The molecule has 0 unspecified atom stereocenters. The second-order valence-electron chi connectivity index (χ2n) is 18.5. The van der Waals surface area contributed by atoms with Crippen molar-refractivity contribution in [3.8, 4) is 67.9 Å². The molecule has 0 amide bonds. The van der Waals surface area contributed by atoms with Crippen molar-refractivity contribution < 1.29 is 4.57 Å². The first-order valence-corrected chi connectivity index (χ1v) is 21.8. The van der Waals surface area contributed by atoms with Gasteiger partial charge in [0.2, 0.25) is 17.5 Å². The van der Waals surface area contributed by atoms with Crippen LogP contribution in [-0.2, 0) is 10.8 Å². The molecule has 10 rings (SSSR count). The van der Waals surface area contributed by atoms with Gasteiger partial charge in [-0.3, -0.25) is 0 Å². The third-order valence-corrected chi connectivity index (χ3v) is 12.1. The predicted molar refractivity (Wildman–Crippen MR) is 260 cm³/mol. The Labute approximate surface area is 370 Å². The molecule has 0 saturated carbocycles. The molecule has 7 aromatic carbocycles. The SMILES string of the molecule is CC(C)(C)c1ccc2c(c1)c1cc(C(C)(C)C)ccc1n2-c1ccc(-c2ccc(-c3ccccc3)c(-c3ccccc3)c2)c[n+]1-c1nc(-c2ccccc2)nc(-c2ccccc2)n1. The summed E-state index contributed by atoms with van der Waals surface area (Å²) < 4.78 is 4.55. The van der Waals surface area contributed by atoms with E-state index in [2.05, 4.69) is 209 Å². The normalized spacial score (nSPS) is 12.0. The maximum absolute atomic E-state index is 5.30. The average Bonchev–Trinajstić information content (AvgIpc) is 3.64. The Kier molecular flexibility index (Phi) is 9.91. The van der Waals surface area contributed by atoms with E-state index in [0.717, 1.165) is 44.7 Å². The molecule has 0 N–H and O–H groups in total. The lowest BCUT2D eigenvalue weighted by Gasteiger charge is -2.19. The zero-order chi connectivity index (χ0) is 43.3. The first-order chi connectivity index (χ1) is 30.5. The van der Waals surface area contributed by atoms with Crippen molar-refractivity contribution in [2.24, 2.45) is 0 Å². The fourth-order valence-corrected chi connectivity index (χ4v) is 8.56. The van der Waals surface area contributed by atoms with E-state index < -0.39 is 0 Å². The lowest BCUT2D eigenvalue weighted by Crippen LogP contribution is -2.38. The third kappa shape index (κ3) is 7.61. The van der Waals surface area contributed by atoms with Gasteiger partial charge in [0.05, 0.1) is 17.2 Å². The first-order valence-electron chi connectivity index (χ1n) is 21.8. The number of hydrogen-bond donors (Lipinski definition) is 0. The molecular formula is C58H50N5+. The molecule has 306 valence electrons. The smallest absolute Gasteiger partial charge is 0.242 e. The van der Waals surface area contributed by atoms with E-state index in [0.29, 0.717) is 17.6 Å². The van der Waals surface area contributed by atoms with E-state index in [1.165, 1.54) is 38.6 Å². The molecule has 0 aliphatic carbocycles. The molecular weight excluding hydrogens is 767 g/mol. The number of hydrogen-bond acceptors (Lipinski definition) is 3. The second-order valence-corrected chi connectivity index (χ2v) is 18.5. The molecule has 5 nitrogen and oxygen atoms in total. The molecule has 3 heterocycles. The first kappa shape index (κ1) is 39.6. The Morgan fingerprint density at radius 1 is 0.381 bits per heavy atom. The van der Waals surface area contributed by atoms with Gasteiger partial charge in [-0.1, -0.05) is 197 Å². The Bertz CT molecular complexity index is 3140. The highest BCUT2D eigenvalue weighted by Crippen LogP contribution is 2.39. The van der Waals surface area contributed by atoms with Crippen LogP contribution < -0.4 is 4.57 Å². The van der Waals surface area contributed by atoms with E-state index in [-0.39, 0.29) is 10.8 Å². The quantitative estimate of drug-likeness (QED) is 0.151. The monoisotopic (exact) mass is 816 g/mol. The van der Waals surface area contributed by atoms with Gasteiger partial charge in [0.25, 0.3) is 0 Å². The number of rotatable bonds is 7. The van der Waals surface area contributed by atoms with Gasteiger partial charge in [0.1, 0.15) is 0 Å².